The van der Waals surface area contributed by atoms with Gasteiger partial charge in [0, 0.05) is 16.3 Å². The second kappa shape index (κ2) is 6.12. The van der Waals surface area contributed by atoms with E-state index in [1.807, 2.05) is 18.2 Å². The van der Waals surface area contributed by atoms with Gasteiger partial charge in [-0.25, -0.2) is 4.79 Å². The lowest BCUT2D eigenvalue weighted by Gasteiger charge is -2.09. The van der Waals surface area contributed by atoms with Gasteiger partial charge in [-0.3, -0.25) is 4.21 Å². The number of hydrogen-bond donors (Lipinski definition) is 2. The minimum atomic E-state index is -2.26. The van der Waals surface area contributed by atoms with E-state index in [2.05, 4.69) is 10.6 Å². The first-order valence-corrected chi connectivity index (χ1v) is 6.55. The smallest absolute Gasteiger partial charge is 0.323 e. The number of hydrogen-bond acceptors (Lipinski definition) is 3. The van der Waals surface area contributed by atoms with Gasteiger partial charge in [-0.2, -0.15) is 0 Å². The van der Waals surface area contributed by atoms with E-state index in [1.165, 1.54) is 24.3 Å². The Morgan fingerprint density at radius 1 is 0.895 bits per heavy atom. The molecule has 0 saturated heterocycles. The number of carbonyl (C=O) groups excluding carboxylic acids is 1. The Balaban J connectivity index is 1.97. The highest BCUT2D eigenvalue weighted by Gasteiger charge is 2.02. The van der Waals surface area contributed by atoms with Gasteiger partial charge in [-0.1, -0.05) is 18.2 Å². The van der Waals surface area contributed by atoms with Gasteiger partial charge in [-0.05, 0) is 47.5 Å². The fourth-order valence-electron chi connectivity index (χ4n) is 1.46. The van der Waals surface area contributed by atoms with Crippen LogP contribution in [0.25, 0.3) is 0 Å². The first kappa shape index (κ1) is 13.3. The fraction of sp³-hybridized carbons (Fsp3) is 0. The molecule has 2 amide bonds. The predicted molar refractivity (Wildman–Crippen MR) is 72.7 cm³/mol. The standard InChI is InChI=1S/C13H12N2O3S/c16-13(14-10-4-2-1-3-5-10)15-11-6-8-12(9-7-11)19(17)18/h1-9H,(H,17,18)(H2,14,15,16)/p-1. The number of rotatable bonds is 3. The lowest BCUT2D eigenvalue weighted by atomic mass is 10.3. The van der Waals surface area contributed by atoms with Crippen LogP contribution < -0.4 is 10.6 Å². The first-order chi connectivity index (χ1) is 9.15. The van der Waals surface area contributed by atoms with Gasteiger partial charge in [0.25, 0.3) is 0 Å². The van der Waals surface area contributed by atoms with Crippen molar-refractivity contribution in [1.29, 1.82) is 0 Å². The highest BCUT2D eigenvalue weighted by Crippen LogP contribution is 2.12. The van der Waals surface area contributed by atoms with E-state index in [-0.39, 0.29) is 10.9 Å². The molecule has 2 rings (SSSR count). The molecule has 5 nitrogen and oxygen atoms in total. The average Bonchev–Trinajstić information content (AvgIpc) is 2.40. The summed E-state index contributed by atoms with van der Waals surface area (Å²) in [5.41, 5.74) is 1.19. The summed E-state index contributed by atoms with van der Waals surface area (Å²) < 4.78 is 21.4. The van der Waals surface area contributed by atoms with Gasteiger partial charge in [0.15, 0.2) is 0 Å². The Kier molecular flexibility index (Phi) is 4.27. The minimum Gasteiger partial charge on any atom is -0.768 e. The largest absolute Gasteiger partial charge is 0.768 e. The summed E-state index contributed by atoms with van der Waals surface area (Å²) in [4.78, 5) is 11.8. The summed E-state index contributed by atoms with van der Waals surface area (Å²) in [5, 5.41) is 5.26. The summed E-state index contributed by atoms with van der Waals surface area (Å²) in [6, 6.07) is 14.5. The summed E-state index contributed by atoms with van der Waals surface area (Å²) in [6.45, 7) is 0. The zero-order valence-corrected chi connectivity index (χ0v) is 10.6. The van der Waals surface area contributed by atoms with Gasteiger partial charge in [0.1, 0.15) is 0 Å². The third-order valence-electron chi connectivity index (χ3n) is 2.34. The van der Waals surface area contributed by atoms with Crippen LogP contribution >= 0.6 is 0 Å². The Labute approximate surface area is 112 Å². The average molecular weight is 275 g/mol. The molecule has 0 aliphatic carbocycles. The van der Waals surface area contributed by atoms with Gasteiger partial charge in [0.05, 0.1) is 0 Å². The van der Waals surface area contributed by atoms with Crippen LogP contribution in [0, 0.1) is 0 Å². The van der Waals surface area contributed by atoms with Crippen LogP contribution in [0.4, 0.5) is 16.2 Å². The number of nitrogens with one attached hydrogen (secondary N) is 2. The fourth-order valence-corrected chi connectivity index (χ4v) is 1.82. The normalized spacial score (nSPS) is 11.6. The second-order valence-corrected chi connectivity index (χ2v) is 4.65. The maximum Gasteiger partial charge on any atom is 0.323 e. The van der Waals surface area contributed by atoms with E-state index >= 15 is 0 Å². The quantitative estimate of drug-likeness (QED) is 0.845. The van der Waals surface area contributed by atoms with E-state index in [4.69, 9.17) is 0 Å². The van der Waals surface area contributed by atoms with E-state index in [9.17, 15) is 13.6 Å². The van der Waals surface area contributed by atoms with Crippen LogP contribution in [-0.2, 0) is 11.1 Å². The molecule has 0 spiro atoms. The van der Waals surface area contributed by atoms with Crippen molar-refractivity contribution in [1.82, 2.24) is 0 Å². The lowest BCUT2D eigenvalue weighted by molar-refractivity contribution is 0.262. The van der Waals surface area contributed by atoms with Gasteiger partial charge in [-0.15, -0.1) is 0 Å². The maximum atomic E-state index is 11.7. The Bertz CT molecular complexity index is 585. The number of carbonyl (C=O) groups is 1. The Morgan fingerprint density at radius 2 is 1.42 bits per heavy atom. The molecular weight excluding hydrogens is 264 g/mol. The van der Waals surface area contributed by atoms with Crippen LogP contribution in [0.1, 0.15) is 0 Å². The topological polar surface area (TPSA) is 81.3 Å². The monoisotopic (exact) mass is 275 g/mol. The molecule has 19 heavy (non-hydrogen) atoms. The van der Waals surface area contributed by atoms with Crippen molar-refractivity contribution in [2.24, 2.45) is 0 Å². The zero-order valence-electron chi connectivity index (χ0n) is 9.83. The molecule has 6 heteroatoms. The van der Waals surface area contributed by atoms with E-state index in [1.54, 1.807) is 12.1 Å². The second-order valence-electron chi connectivity index (χ2n) is 3.70. The summed E-state index contributed by atoms with van der Waals surface area (Å²) in [6.07, 6.45) is 0. The predicted octanol–water partition coefficient (Wildman–Crippen LogP) is 2.57. The van der Waals surface area contributed by atoms with E-state index < -0.39 is 11.1 Å². The van der Waals surface area contributed by atoms with Gasteiger partial charge in [0.2, 0.25) is 0 Å². The minimum absolute atomic E-state index is 0.175. The molecule has 0 heterocycles. The van der Waals surface area contributed by atoms with Gasteiger partial charge >= 0.3 is 6.03 Å². The van der Waals surface area contributed by atoms with Crippen molar-refractivity contribution in [3.05, 3.63) is 54.6 Å². The molecule has 1 unspecified atom stereocenters. The maximum absolute atomic E-state index is 11.7. The molecule has 98 valence electrons. The number of amides is 2. The summed E-state index contributed by atoms with van der Waals surface area (Å²) in [7, 11) is 0. The van der Waals surface area contributed by atoms with E-state index in [0.29, 0.717) is 11.4 Å². The van der Waals surface area contributed by atoms with Crippen LogP contribution in [0.2, 0.25) is 0 Å². The van der Waals surface area contributed by atoms with Crippen LogP contribution in [0.15, 0.2) is 59.5 Å². The highest BCUT2D eigenvalue weighted by molar-refractivity contribution is 7.79. The van der Waals surface area contributed by atoms with Gasteiger partial charge < -0.3 is 15.2 Å². The summed E-state index contributed by atoms with van der Waals surface area (Å²) in [5.74, 6) is 0. The van der Waals surface area contributed by atoms with Crippen molar-refractivity contribution in [2.75, 3.05) is 10.6 Å². The number of urea groups is 1. The Morgan fingerprint density at radius 3 is 1.95 bits per heavy atom. The third kappa shape index (κ3) is 3.90. The van der Waals surface area contributed by atoms with Crippen molar-refractivity contribution < 1.29 is 13.6 Å². The SMILES string of the molecule is O=C(Nc1ccccc1)Nc1ccc(S(=O)[O-])cc1. The van der Waals surface area contributed by atoms with E-state index in [0.717, 1.165) is 0 Å². The highest BCUT2D eigenvalue weighted by atomic mass is 32.2. The zero-order chi connectivity index (χ0) is 13.7. The van der Waals surface area contributed by atoms with Crippen molar-refractivity contribution in [3.63, 3.8) is 0 Å². The third-order valence-corrected chi connectivity index (χ3v) is 2.99. The molecule has 0 aromatic heterocycles. The molecule has 0 aliphatic rings. The Hall–Kier alpha value is -2.18. The molecule has 0 radical (unpaired) electrons. The molecule has 0 aliphatic heterocycles. The van der Waals surface area contributed by atoms with Crippen molar-refractivity contribution >= 4 is 28.5 Å². The molecule has 2 aromatic rings. The van der Waals surface area contributed by atoms with Crippen molar-refractivity contribution in [3.8, 4) is 0 Å². The van der Waals surface area contributed by atoms with Crippen LogP contribution in [0.3, 0.4) is 0 Å². The number of benzene rings is 2. The molecule has 0 saturated carbocycles. The lowest BCUT2D eigenvalue weighted by Crippen LogP contribution is -2.19. The molecular formula is C13H11N2O3S-. The van der Waals surface area contributed by atoms with Crippen LogP contribution in [-0.4, -0.2) is 14.8 Å². The molecule has 2 N–H and O–H groups in total. The number of anilines is 2. The molecule has 2 aromatic carbocycles. The molecule has 0 fully saturated rings. The number of para-hydroxylation sites is 1. The summed E-state index contributed by atoms with van der Waals surface area (Å²) >= 11 is -2.26. The molecule has 0 bridgehead atoms. The van der Waals surface area contributed by atoms with Crippen LogP contribution in [0.5, 0.6) is 0 Å². The first-order valence-electron chi connectivity index (χ1n) is 5.47. The molecule has 1 atom stereocenters. The van der Waals surface area contributed by atoms with Crippen molar-refractivity contribution in [2.45, 2.75) is 4.90 Å².